The summed E-state index contributed by atoms with van der Waals surface area (Å²) in [4.78, 5) is 38.3. The molecule has 0 aliphatic carbocycles. The summed E-state index contributed by atoms with van der Waals surface area (Å²) in [6.07, 6.45) is 0. The lowest BCUT2D eigenvalue weighted by Gasteiger charge is -2.16. The zero-order valence-corrected chi connectivity index (χ0v) is 17.8. The molecule has 6 nitrogen and oxygen atoms in total. The predicted octanol–water partition coefficient (Wildman–Crippen LogP) is 4.58. The molecule has 0 saturated heterocycles. The largest absolute Gasteiger partial charge is 0.425 e. The molecule has 4 rings (SSSR count). The molecular formula is C22H14BrNO5S. The number of hydrogen-bond donors (Lipinski definition) is 0. The Morgan fingerprint density at radius 2 is 1.37 bits per heavy atom. The number of aromatic nitrogens is 1. The van der Waals surface area contributed by atoms with Crippen LogP contribution in [-0.4, -0.2) is 16.5 Å². The highest BCUT2D eigenvalue weighted by atomic mass is 79.9. The van der Waals surface area contributed by atoms with Crippen molar-refractivity contribution in [3.8, 4) is 11.5 Å². The van der Waals surface area contributed by atoms with Crippen LogP contribution in [0.3, 0.4) is 0 Å². The maximum atomic E-state index is 13.0. The molecular weight excluding hydrogens is 470 g/mol. The number of esters is 2. The average molecular weight is 484 g/mol. The summed E-state index contributed by atoms with van der Waals surface area (Å²) in [7, 11) is 0. The van der Waals surface area contributed by atoms with Crippen LogP contribution in [0.15, 0.2) is 88.1 Å². The van der Waals surface area contributed by atoms with Gasteiger partial charge in [0.25, 0.3) is 0 Å². The molecule has 0 aliphatic rings. The second-order valence-corrected chi connectivity index (χ2v) is 8.13. The summed E-state index contributed by atoms with van der Waals surface area (Å²) in [6.45, 7) is 0. The fraction of sp³-hybridized carbons (Fsp3) is 0.0455. The van der Waals surface area contributed by atoms with Crippen LogP contribution in [0.2, 0.25) is 0 Å². The third-order valence-electron chi connectivity index (χ3n) is 4.20. The van der Waals surface area contributed by atoms with Gasteiger partial charge in [-0.2, -0.15) is 0 Å². The van der Waals surface area contributed by atoms with Crippen molar-refractivity contribution in [3.63, 3.8) is 0 Å². The molecule has 0 N–H and O–H groups in total. The van der Waals surface area contributed by atoms with Crippen molar-refractivity contribution in [3.05, 3.63) is 93.0 Å². The third kappa shape index (κ3) is 4.19. The molecule has 0 fully saturated rings. The number of halogens is 1. The minimum absolute atomic E-state index is 0.260. The SMILES string of the molecule is O=C(Oc1ccccc1)C(C(=O)Oc1ccccc1)n1c(=O)sc2cc(Br)ccc21. The Morgan fingerprint density at radius 3 is 1.90 bits per heavy atom. The van der Waals surface area contributed by atoms with Crippen molar-refractivity contribution in [1.29, 1.82) is 0 Å². The summed E-state index contributed by atoms with van der Waals surface area (Å²) in [6, 6.07) is 20.2. The van der Waals surface area contributed by atoms with Gasteiger partial charge in [0.05, 0.1) is 10.2 Å². The number of fused-ring (bicyclic) bond motifs is 1. The number of benzene rings is 3. The van der Waals surface area contributed by atoms with E-state index in [-0.39, 0.29) is 11.5 Å². The van der Waals surface area contributed by atoms with E-state index in [0.717, 1.165) is 20.4 Å². The molecule has 0 radical (unpaired) electrons. The van der Waals surface area contributed by atoms with Crippen molar-refractivity contribution in [2.24, 2.45) is 0 Å². The van der Waals surface area contributed by atoms with Crippen LogP contribution >= 0.6 is 27.3 Å². The average Bonchev–Trinajstić information content (AvgIpc) is 3.04. The second kappa shape index (κ2) is 8.64. The van der Waals surface area contributed by atoms with Gasteiger partial charge in [-0.1, -0.05) is 63.7 Å². The van der Waals surface area contributed by atoms with E-state index in [1.54, 1.807) is 78.9 Å². The molecule has 0 aliphatic heterocycles. The van der Waals surface area contributed by atoms with E-state index in [2.05, 4.69) is 15.9 Å². The Hall–Kier alpha value is -3.23. The Kier molecular flexibility index (Phi) is 5.78. The van der Waals surface area contributed by atoms with Gasteiger partial charge in [0, 0.05) is 4.47 Å². The third-order valence-corrected chi connectivity index (χ3v) is 5.61. The van der Waals surface area contributed by atoms with Crippen molar-refractivity contribution >= 4 is 49.4 Å². The lowest BCUT2D eigenvalue weighted by Crippen LogP contribution is -2.37. The van der Waals surface area contributed by atoms with Crippen LogP contribution in [0.25, 0.3) is 10.2 Å². The van der Waals surface area contributed by atoms with Crippen LogP contribution < -0.4 is 14.3 Å². The van der Waals surface area contributed by atoms with Crippen molar-refractivity contribution in [1.82, 2.24) is 4.57 Å². The molecule has 150 valence electrons. The fourth-order valence-corrected chi connectivity index (χ4v) is 4.34. The minimum Gasteiger partial charge on any atom is -0.425 e. The van der Waals surface area contributed by atoms with Crippen LogP contribution in [0.1, 0.15) is 6.04 Å². The number of carbonyl (C=O) groups is 2. The smallest absolute Gasteiger partial charge is 0.346 e. The number of nitrogens with zero attached hydrogens (tertiary/aromatic N) is 1. The zero-order chi connectivity index (χ0) is 21.1. The first kappa shape index (κ1) is 20.1. The van der Waals surface area contributed by atoms with Gasteiger partial charge >= 0.3 is 16.8 Å². The van der Waals surface area contributed by atoms with E-state index in [4.69, 9.17) is 9.47 Å². The van der Waals surface area contributed by atoms with Crippen molar-refractivity contribution in [2.75, 3.05) is 0 Å². The monoisotopic (exact) mass is 483 g/mol. The Balaban J connectivity index is 1.77. The summed E-state index contributed by atoms with van der Waals surface area (Å²) in [5.74, 6) is -1.30. The van der Waals surface area contributed by atoms with E-state index in [1.807, 2.05) is 0 Å². The molecule has 8 heteroatoms. The first-order chi connectivity index (χ1) is 14.5. The molecule has 0 unspecified atom stereocenters. The van der Waals surface area contributed by atoms with Gasteiger partial charge in [-0.25, -0.2) is 9.59 Å². The van der Waals surface area contributed by atoms with E-state index < -0.39 is 22.9 Å². The standard InChI is InChI=1S/C22H14BrNO5S/c23-14-11-12-17-18(13-14)30-22(27)24(17)19(20(25)28-15-7-3-1-4-8-15)21(26)29-16-9-5-2-6-10-16/h1-13,19H. The molecule has 1 heterocycles. The number of carbonyl (C=O) groups excluding carboxylic acids is 2. The summed E-state index contributed by atoms with van der Waals surface area (Å²) in [5, 5.41) is 0. The van der Waals surface area contributed by atoms with Crippen molar-refractivity contribution in [2.45, 2.75) is 6.04 Å². The molecule has 0 saturated carbocycles. The molecule has 0 spiro atoms. The van der Waals surface area contributed by atoms with E-state index in [9.17, 15) is 14.4 Å². The molecule has 0 bridgehead atoms. The number of ether oxygens (including phenoxy) is 2. The molecule has 1 aromatic heterocycles. The van der Waals surface area contributed by atoms with E-state index in [1.165, 1.54) is 0 Å². The molecule has 0 atom stereocenters. The van der Waals surface area contributed by atoms with Gasteiger partial charge in [0.1, 0.15) is 11.5 Å². The van der Waals surface area contributed by atoms with Gasteiger partial charge in [0.15, 0.2) is 0 Å². The second-order valence-electron chi connectivity index (χ2n) is 6.22. The van der Waals surface area contributed by atoms with E-state index >= 15 is 0 Å². The van der Waals surface area contributed by atoms with Gasteiger partial charge in [0.2, 0.25) is 6.04 Å². The summed E-state index contributed by atoms with van der Waals surface area (Å²) in [5.41, 5.74) is 0.438. The molecule has 30 heavy (non-hydrogen) atoms. The van der Waals surface area contributed by atoms with Gasteiger partial charge in [-0.15, -0.1) is 0 Å². The Morgan fingerprint density at radius 1 is 0.833 bits per heavy atom. The highest BCUT2D eigenvalue weighted by Crippen LogP contribution is 2.26. The lowest BCUT2D eigenvalue weighted by atomic mass is 10.2. The van der Waals surface area contributed by atoms with Gasteiger partial charge in [-0.05, 0) is 42.5 Å². The lowest BCUT2D eigenvalue weighted by molar-refractivity contribution is -0.150. The highest BCUT2D eigenvalue weighted by molar-refractivity contribution is 9.10. The van der Waals surface area contributed by atoms with Gasteiger partial charge in [-0.3, -0.25) is 9.36 Å². The number of hydrogen-bond acceptors (Lipinski definition) is 6. The van der Waals surface area contributed by atoms with E-state index in [0.29, 0.717) is 10.2 Å². The normalized spacial score (nSPS) is 10.9. The molecule has 4 aromatic rings. The minimum atomic E-state index is -1.60. The van der Waals surface area contributed by atoms with Crippen LogP contribution in [0, 0.1) is 0 Å². The Labute approximate surface area is 183 Å². The first-order valence-electron chi connectivity index (χ1n) is 8.87. The topological polar surface area (TPSA) is 74.6 Å². The van der Waals surface area contributed by atoms with Crippen LogP contribution in [0.5, 0.6) is 11.5 Å². The highest BCUT2D eigenvalue weighted by Gasteiger charge is 2.35. The molecule has 0 amide bonds. The summed E-state index contributed by atoms with van der Waals surface area (Å²) >= 11 is 4.29. The quantitative estimate of drug-likeness (QED) is 0.236. The number of para-hydroxylation sites is 2. The number of rotatable bonds is 5. The first-order valence-corrected chi connectivity index (χ1v) is 10.5. The van der Waals surface area contributed by atoms with Crippen LogP contribution in [0.4, 0.5) is 0 Å². The molecule has 3 aromatic carbocycles. The maximum Gasteiger partial charge on any atom is 0.346 e. The van der Waals surface area contributed by atoms with Crippen LogP contribution in [-0.2, 0) is 9.59 Å². The number of thiazole rings is 1. The van der Waals surface area contributed by atoms with Crippen molar-refractivity contribution < 1.29 is 19.1 Å². The zero-order valence-electron chi connectivity index (χ0n) is 15.4. The van der Waals surface area contributed by atoms with Gasteiger partial charge < -0.3 is 9.47 Å². The Bertz CT molecular complexity index is 1210. The fourth-order valence-electron chi connectivity index (χ4n) is 2.88. The summed E-state index contributed by atoms with van der Waals surface area (Å²) < 4.78 is 13.3. The maximum absolute atomic E-state index is 13.0. The predicted molar refractivity (Wildman–Crippen MR) is 117 cm³/mol.